The van der Waals surface area contributed by atoms with Gasteiger partial charge in [0.25, 0.3) is 0 Å². The summed E-state index contributed by atoms with van der Waals surface area (Å²) < 4.78 is 75.2. The Balaban J connectivity index is 3.76. The highest BCUT2D eigenvalue weighted by molar-refractivity contribution is 6.32. The highest BCUT2D eigenvalue weighted by Gasteiger charge is 2.44. The maximum Gasteiger partial charge on any atom is 0.418 e. The van der Waals surface area contributed by atoms with Gasteiger partial charge in [0.1, 0.15) is 0 Å². The minimum atomic E-state index is -5.22. The lowest BCUT2D eigenvalue weighted by molar-refractivity contribution is -0.143. The number of halogens is 7. The van der Waals surface area contributed by atoms with Crippen molar-refractivity contribution in [2.45, 2.75) is 12.4 Å². The van der Waals surface area contributed by atoms with Crippen LogP contribution in [-0.2, 0) is 12.4 Å². The predicted octanol–water partition coefficient (Wildman–Crippen LogP) is 3.48. The van der Waals surface area contributed by atoms with Gasteiger partial charge in [-0.3, -0.25) is 4.79 Å². The molecule has 0 aliphatic rings. The average molecular weight is 292 g/mol. The number of hydrogen-bond donors (Lipinski definition) is 1. The third-order valence-electron chi connectivity index (χ3n) is 1.99. The van der Waals surface area contributed by atoms with Gasteiger partial charge in [-0.1, -0.05) is 11.6 Å². The lowest BCUT2D eigenvalue weighted by Gasteiger charge is -2.17. The molecule has 0 aliphatic heterocycles. The minimum absolute atomic E-state index is 0.275. The van der Waals surface area contributed by atoms with E-state index in [1.807, 2.05) is 0 Å². The molecule has 0 radical (unpaired) electrons. The maximum absolute atomic E-state index is 12.6. The molecule has 0 aliphatic carbocycles. The normalized spacial score (nSPS) is 12.6. The molecule has 0 fully saturated rings. The lowest BCUT2D eigenvalue weighted by atomic mass is 9.99. The van der Waals surface area contributed by atoms with E-state index in [9.17, 15) is 31.1 Å². The minimum Gasteiger partial charge on any atom is -0.366 e. The summed E-state index contributed by atoms with van der Waals surface area (Å²) in [5, 5.41) is -1.02. The first-order valence-corrected chi connectivity index (χ1v) is 4.60. The molecule has 100 valence electrons. The first kappa shape index (κ1) is 14.6. The van der Waals surface area contributed by atoms with Crippen LogP contribution < -0.4 is 5.73 Å². The number of carbonyl (C=O) groups is 1. The summed E-state index contributed by atoms with van der Waals surface area (Å²) in [5.41, 5.74) is -0.753. The smallest absolute Gasteiger partial charge is 0.366 e. The van der Waals surface area contributed by atoms with Crippen LogP contribution in [0.4, 0.5) is 26.3 Å². The molecule has 2 nitrogen and oxygen atoms in total. The summed E-state index contributed by atoms with van der Waals surface area (Å²) in [6.07, 6.45) is -10.4. The molecule has 0 spiro atoms. The van der Waals surface area contributed by atoms with Crippen LogP contribution in [0.1, 0.15) is 21.5 Å². The van der Waals surface area contributed by atoms with E-state index in [1.54, 1.807) is 0 Å². The molecule has 0 bridgehead atoms. The van der Waals surface area contributed by atoms with Crippen molar-refractivity contribution in [3.8, 4) is 0 Å². The van der Waals surface area contributed by atoms with Gasteiger partial charge >= 0.3 is 12.4 Å². The highest BCUT2D eigenvalue weighted by atomic mass is 35.5. The van der Waals surface area contributed by atoms with E-state index in [2.05, 4.69) is 5.73 Å². The Morgan fingerprint density at radius 3 is 1.89 bits per heavy atom. The van der Waals surface area contributed by atoms with Crippen molar-refractivity contribution in [3.63, 3.8) is 0 Å². The SMILES string of the molecule is NC(=O)c1c(C(F)(F)F)ccc(Cl)c1C(F)(F)F. The van der Waals surface area contributed by atoms with Crippen molar-refractivity contribution in [1.29, 1.82) is 0 Å². The number of rotatable bonds is 1. The number of amides is 1. The first-order chi connectivity index (χ1) is 7.96. The van der Waals surface area contributed by atoms with Crippen LogP contribution >= 0.6 is 11.6 Å². The standard InChI is InChI=1S/C9H4ClF6NO/c10-4-2-1-3(8(11,12)13)5(7(17)18)6(4)9(14,15)16/h1-2H,(H2,17,18). The molecule has 0 atom stereocenters. The van der Waals surface area contributed by atoms with Gasteiger partial charge in [-0.15, -0.1) is 0 Å². The Kier molecular flexibility index (Phi) is 3.53. The van der Waals surface area contributed by atoms with Crippen LogP contribution in [0.15, 0.2) is 12.1 Å². The Bertz CT molecular complexity index is 493. The quantitative estimate of drug-likeness (QED) is 0.791. The molecule has 0 saturated heterocycles. The Hall–Kier alpha value is -1.44. The second kappa shape index (κ2) is 4.34. The predicted molar refractivity (Wildman–Crippen MR) is 50.0 cm³/mol. The summed E-state index contributed by atoms with van der Waals surface area (Å²) in [4.78, 5) is 10.9. The van der Waals surface area contributed by atoms with Gasteiger partial charge in [-0.2, -0.15) is 26.3 Å². The van der Waals surface area contributed by atoms with Gasteiger partial charge in [-0.25, -0.2) is 0 Å². The second-order valence-electron chi connectivity index (χ2n) is 3.20. The van der Waals surface area contributed by atoms with E-state index in [-0.39, 0.29) is 6.07 Å². The third-order valence-corrected chi connectivity index (χ3v) is 2.30. The molecule has 0 saturated carbocycles. The number of alkyl halides is 6. The van der Waals surface area contributed by atoms with Gasteiger partial charge in [0, 0.05) is 0 Å². The van der Waals surface area contributed by atoms with Crippen LogP contribution in [0.3, 0.4) is 0 Å². The molecular formula is C9H4ClF6NO. The molecule has 1 rings (SSSR count). The molecule has 1 aromatic rings. The fraction of sp³-hybridized carbons (Fsp3) is 0.222. The van der Waals surface area contributed by atoms with Gasteiger partial charge in [0.2, 0.25) is 5.91 Å². The fourth-order valence-corrected chi connectivity index (χ4v) is 1.61. The van der Waals surface area contributed by atoms with Crippen molar-refractivity contribution in [3.05, 3.63) is 33.8 Å². The van der Waals surface area contributed by atoms with E-state index in [0.717, 1.165) is 0 Å². The number of hydrogen-bond acceptors (Lipinski definition) is 1. The topological polar surface area (TPSA) is 43.1 Å². The summed E-state index contributed by atoms with van der Waals surface area (Å²) in [6, 6.07) is 0.692. The van der Waals surface area contributed by atoms with E-state index in [1.165, 1.54) is 0 Å². The van der Waals surface area contributed by atoms with Gasteiger partial charge in [0.05, 0.1) is 21.7 Å². The molecule has 1 amide bonds. The Morgan fingerprint density at radius 2 is 1.56 bits per heavy atom. The number of carbonyl (C=O) groups excluding carboxylic acids is 1. The molecular weight excluding hydrogens is 288 g/mol. The van der Waals surface area contributed by atoms with E-state index in [0.29, 0.717) is 6.07 Å². The van der Waals surface area contributed by atoms with Crippen LogP contribution in [0, 0.1) is 0 Å². The van der Waals surface area contributed by atoms with Crippen molar-refractivity contribution >= 4 is 17.5 Å². The average Bonchev–Trinajstić information content (AvgIpc) is 2.12. The Labute approximate surface area is 101 Å². The van der Waals surface area contributed by atoms with Crippen LogP contribution in [0.2, 0.25) is 5.02 Å². The largest absolute Gasteiger partial charge is 0.418 e. The molecule has 0 heterocycles. The molecule has 2 N–H and O–H groups in total. The highest BCUT2D eigenvalue weighted by Crippen LogP contribution is 2.42. The van der Waals surface area contributed by atoms with Gasteiger partial charge in [-0.05, 0) is 12.1 Å². The molecule has 0 aromatic heterocycles. The summed E-state index contributed by atoms with van der Waals surface area (Å²) >= 11 is 5.19. The molecule has 1 aromatic carbocycles. The van der Waals surface area contributed by atoms with Crippen LogP contribution in [-0.4, -0.2) is 5.91 Å². The van der Waals surface area contributed by atoms with E-state index < -0.39 is 40.0 Å². The lowest BCUT2D eigenvalue weighted by Crippen LogP contribution is -2.24. The zero-order valence-corrected chi connectivity index (χ0v) is 9.04. The van der Waals surface area contributed by atoms with Crippen molar-refractivity contribution < 1.29 is 31.1 Å². The summed E-state index contributed by atoms with van der Waals surface area (Å²) in [5.74, 6) is -1.85. The van der Waals surface area contributed by atoms with E-state index >= 15 is 0 Å². The summed E-state index contributed by atoms with van der Waals surface area (Å²) in [7, 11) is 0. The molecule has 0 unspecified atom stereocenters. The van der Waals surface area contributed by atoms with Crippen molar-refractivity contribution in [1.82, 2.24) is 0 Å². The van der Waals surface area contributed by atoms with Crippen LogP contribution in [0.25, 0.3) is 0 Å². The van der Waals surface area contributed by atoms with Crippen molar-refractivity contribution in [2.75, 3.05) is 0 Å². The van der Waals surface area contributed by atoms with Gasteiger partial charge in [0.15, 0.2) is 0 Å². The van der Waals surface area contributed by atoms with Gasteiger partial charge < -0.3 is 5.73 Å². The number of nitrogens with two attached hydrogens (primary N) is 1. The fourth-order valence-electron chi connectivity index (χ4n) is 1.35. The molecule has 9 heteroatoms. The summed E-state index contributed by atoms with van der Waals surface area (Å²) in [6.45, 7) is 0. The van der Waals surface area contributed by atoms with Crippen molar-refractivity contribution in [2.24, 2.45) is 5.73 Å². The molecule has 18 heavy (non-hydrogen) atoms. The number of primary amides is 1. The second-order valence-corrected chi connectivity index (χ2v) is 3.61. The Morgan fingerprint density at radius 1 is 1.06 bits per heavy atom. The zero-order chi connectivity index (χ0) is 14.3. The zero-order valence-electron chi connectivity index (χ0n) is 8.29. The third kappa shape index (κ3) is 2.69. The number of benzene rings is 1. The maximum atomic E-state index is 12.6. The van der Waals surface area contributed by atoms with Crippen LogP contribution in [0.5, 0.6) is 0 Å². The van der Waals surface area contributed by atoms with E-state index in [4.69, 9.17) is 11.6 Å². The first-order valence-electron chi connectivity index (χ1n) is 4.23. The monoisotopic (exact) mass is 291 g/mol.